The van der Waals surface area contributed by atoms with Crippen molar-refractivity contribution in [3.63, 3.8) is 0 Å². The standard InChI is InChI=1S/C19H22N6O4S/c1-14-18-10-15(12-20-19(18)22(2)21-14)13-23-6-8-24(9-7-23)30(28,29)17-5-3-4-16(11-17)25(26)27/h3-5,10-12H,6-9,13H2,1-2H3. The lowest BCUT2D eigenvalue weighted by Gasteiger charge is -2.33. The molecule has 10 nitrogen and oxygen atoms in total. The summed E-state index contributed by atoms with van der Waals surface area (Å²) in [5, 5.41) is 16.4. The molecule has 1 aliphatic rings. The van der Waals surface area contributed by atoms with Crippen molar-refractivity contribution in [1.82, 2.24) is 24.0 Å². The van der Waals surface area contributed by atoms with E-state index in [1.54, 1.807) is 4.68 Å². The Kier molecular flexibility index (Phi) is 5.26. The van der Waals surface area contributed by atoms with E-state index in [9.17, 15) is 18.5 Å². The highest BCUT2D eigenvalue weighted by atomic mass is 32.2. The van der Waals surface area contributed by atoms with Crippen molar-refractivity contribution in [2.75, 3.05) is 26.2 Å². The maximum atomic E-state index is 12.9. The van der Waals surface area contributed by atoms with E-state index in [4.69, 9.17) is 0 Å². The van der Waals surface area contributed by atoms with E-state index in [1.165, 1.54) is 22.5 Å². The maximum absolute atomic E-state index is 12.9. The van der Waals surface area contributed by atoms with Crippen molar-refractivity contribution in [2.45, 2.75) is 18.4 Å². The lowest BCUT2D eigenvalue weighted by molar-refractivity contribution is -0.385. The molecule has 1 aliphatic heterocycles. The van der Waals surface area contributed by atoms with Gasteiger partial charge in [0.05, 0.1) is 15.5 Å². The van der Waals surface area contributed by atoms with Crippen LogP contribution in [-0.4, -0.2) is 63.5 Å². The maximum Gasteiger partial charge on any atom is 0.270 e. The van der Waals surface area contributed by atoms with Crippen LogP contribution in [0.4, 0.5) is 5.69 Å². The molecule has 1 fully saturated rings. The van der Waals surface area contributed by atoms with E-state index in [-0.39, 0.29) is 10.6 Å². The summed E-state index contributed by atoms with van der Waals surface area (Å²) in [5.74, 6) is 0. The monoisotopic (exact) mass is 430 g/mol. The van der Waals surface area contributed by atoms with Crippen LogP contribution in [0.2, 0.25) is 0 Å². The number of sulfonamides is 1. The molecular formula is C19H22N6O4S. The first-order valence-corrected chi connectivity index (χ1v) is 10.9. The fourth-order valence-electron chi connectivity index (χ4n) is 3.73. The second kappa shape index (κ2) is 7.74. The number of benzene rings is 1. The van der Waals surface area contributed by atoms with Gasteiger partial charge in [0, 0.05) is 63.5 Å². The summed E-state index contributed by atoms with van der Waals surface area (Å²) in [5.41, 5.74) is 2.58. The van der Waals surface area contributed by atoms with Crippen molar-refractivity contribution in [2.24, 2.45) is 7.05 Å². The first kappa shape index (κ1) is 20.4. The van der Waals surface area contributed by atoms with Gasteiger partial charge in [0.1, 0.15) is 0 Å². The normalized spacial score (nSPS) is 16.2. The van der Waals surface area contributed by atoms with Gasteiger partial charge in [-0.3, -0.25) is 19.7 Å². The third kappa shape index (κ3) is 3.78. The Bertz CT molecular complexity index is 1210. The fraction of sp³-hybridized carbons (Fsp3) is 0.368. The SMILES string of the molecule is Cc1nn(C)c2ncc(CN3CCN(S(=O)(=O)c4cccc([N+](=O)[O-])c4)CC3)cc12. The van der Waals surface area contributed by atoms with Gasteiger partial charge in [-0.05, 0) is 24.6 Å². The molecule has 1 saturated heterocycles. The van der Waals surface area contributed by atoms with E-state index in [0.717, 1.165) is 28.4 Å². The molecule has 158 valence electrons. The quantitative estimate of drug-likeness (QED) is 0.447. The molecule has 0 saturated carbocycles. The minimum atomic E-state index is -3.77. The molecule has 3 aromatic rings. The van der Waals surface area contributed by atoms with Gasteiger partial charge in [0.15, 0.2) is 5.65 Å². The molecular weight excluding hydrogens is 408 g/mol. The van der Waals surface area contributed by atoms with E-state index >= 15 is 0 Å². The van der Waals surface area contributed by atoms with Crippen LogP contribution in [0.1, 0.15) is 11.3 Å². The number of rotatable bonds is 5. The Morgan fingerprint density at radius 2 is 1.90 bits per heavy atom. The average molecular weight is 430 g/mol. The van der Waals surface area contributed by atoms with Crippen LogP contribution in [-0.2, 0) is 23.6 Å². The molecule has 4 rings (SSSR count). The number of nitro groups is 1. The minimum Gasteiger partial charge on any atom is -0.296 e. The Hall–Kier alpha value is -2.89. The first-order valence-electron chi connectivity index (χ1n) is 9.51. The smallest absolute Gasteiger partial charge is 0.270 e. The van der Waals surface area contributed by atoms with Gasteiger partial charge in [-0.1, -0.05) is 6.07 Å². The summed E-state index contributed by atoms with van der Waals surface area (Å²) in [6.45, 7) is 4.41. The van der Waals surface area contributed by atoms with Crippen LogP contribution in [0.3, 0.4) is 0 Å². The fourth-order valence-corrected chi connectivity index (χ4v) is 5.19. The number of fused-ring (bicyclic) bond motifs is 1. The van der Waals surface area contributed by atoms with Crippen molar-refractivity contribution in [1.29, 1.82) is 0 Å². The number of pyridine rings is 1. The predicted octanol–water partition coefficient (Wildman–Crippen LogP) is 1.69. The lowest BCUT2D eigenvalue weighted by Crippen LogP contribution is -2.48. The van der Waals surface area contributed by atoms with E-state index in [1.807, 2.05) is 20.2 Å². The Morgan fingerprint density at radius 1 is 1.17 bits per heavy atom. The summed E-state index contributed by atoms with van der Waals surface area (Å²) in [6.07, 6.45) is 1.83. The molecule has 0 atom stereocenters. The van der Waals surface area contributed by atoms with E-state index in [2.05, 4.69) is 21.0 Å². The molecule has 0 bridgehead atoms. The van der Waals surface area contributed by atoms with Gasteiger partial charge in [0.2, 0.25) is 10.0 Å². The van der Waals surface area contributed by atoms with Crippen LogP contribution in [0.15, 0.2) is 41.4 Å². The second-order valence-corrected chi connectivity index (χ2v) is 9.30. The Morgan fingerprint density at radius 3 is 2.60 bits per heavy atom. The van der Waals surface area contributed by atoms with Crippen LogP contribution < -0.4 is 0 Å². The number of aryl methyl sites for hydroxylation is 2. The summed E-state index contributed by atoms with van der Waals surface area (Å²) in [4.78, 5) is 17.0. The van der Waals surface area contributed by atoms with Gasteiger partial charge in [-0.15, -0.1) is 0 Å². The van der Waals surface area contributed by atoms with Crippen molar-refractivity contribution in [3.05, 3.63) is 57.9 Å². The first-order chi connectivity index (χ1) is 14.3. The molecule has 0 aliphatic carbocycles. The summed E-state index contributed by atoms with van der Waals surface area (Å²) in [6, 6.07) is 7.26. The molecule has 0 radical (unpaired) electrons. The number of piperazine rings is 1. The Labute approximate surface area is 173 Å². The van der Waals surface area contributed by atoms with Gasteiger partial charge in [-0.2, -0.15) is 9.40 Å². The van der Waals surface area contributed by atoms with Crippen LogP contribution in [0.5, 0.6) is 0 Å². The van der Waals surface area contributed by atoms with Gasteiger partial charge >= 0.3 is 0 Å². The van der Waals surface area contributed by atoms with Gasteiger partial charge in [-0.25, -0.2) is 13.4 Å². The lowest BCUT2D eigenvalue weighted by atomic mass is 10.2. The molecule has 2 aromatic heterocycles. The number of nitro benzene ring substituents is 1. The van der Waals surface area contributed by atoms with E-state index < -0.39 is 14.9 Å². The van der Waals surface area contributed by atoms with Crippen molar-refractivity contribution in [3.8, 4) is 0 Å². The van der Waals surface area contributed by atoms with Crippen LogP contribution in [0, 0.1) is 17.0 Å². The zero-order valence-corrected chi connectivity index (χ0v) is 17.5. The van der Waals surface area contributed by atoms with Crippen molar-refractivity contribution >= 4 is 26.7 Å². The Balaban J connectivity index is 1.44. The number of hydrogen-bond donors (Lipinski definition) is 0. The zero-order chi connectivity index (χ0) is 21.5. The third-order valence-electron chi connectivity index (χ3n) is 5.32. The molecule has 0 spiro atoms. The number of hydrogen-bond acceptors (Lipinski definition) is 7. The molecule has 0 N–H and O–H groups in total. The predicted molar refractivity (Wildman–Crippen MR) is 110 cm³/mol. The summed E-state index contributed by atoms with van der Waals surface area (Å²) in [7, 11) is -1.90. The number of non-ortho nitro benzene ring substituents is 1. The zero-order valence-electron chi connectivity index (χ0n) is 16.7. The van der Waals surface area contributed by atoms with Crippen LogP contribution >= 0.6 is 0 Å². The highest BCUT2D eigenvalue weighted by molar-refractivity contribution is 7.89. The molecule has 0 unspecified atom stereocenters. The van der Waals surface area contributed by atoms with Gasteiger partial charge in [0.25, 0.3) is 5.69 Å². The topological polar surface area (TPSA) is 114 Å². The minimum absolute atomic E-state index is 0.0492. The third-order valence-corrected chi connectivity index (χ3v) is 7.22. The average Bonchev–Trinajstić information content (AvgIpc) is 3.01. The molecule has 11 heteroatoms. The largest absolute Gasteiger partial charge is 0.296 e. The summed E-state index contributed by atoms with van der Waals surface area (Å²) < 4.78 is 28.9. The number of aromatic nitrogens is 3. The van der Waals surface area contributed by atoms with E-state index in [0.29, 0.717) is 32.7 Å². The molecule has 30 heavy (non-hydrogen) atoms. The highest BCUT2D eigenvalue weighted by Gasteiger charge is 2.29. The summed E-state index contributed by atoms with van der Waals surface area (Å²) >= 11 is 0. The number of nitrogens with zero attached hydrogens (tertiary/aromatic N) is 6. The van der Waals surface area contributed by atoms with Gasteiger partial charge < -0.3 is 0 Å². The highest BCUT2D eigenvalue weighted by Crippen LogP contribution is 2.23. The molecule has 3 heterocycles. The van der Waals surface area contributed by atoms with Crippen molar-refractivity contribution < 1.29 is 13.3 Å². The second-order valence-electron chi connectivity index (χ2n) is 7.36. The van der Waals surface area contributed by atoms with Crippen LogP contribution in [0.25, 0.3) is 11.0 Å². The molecule has 1 aromatic carbocycles. The molecule has 0 amide bonds.